The molecule has 4 N–H and O–H groups in total. The van der Waals surface area contributed by atoms with E-state index >= 15 is 0 Å². The molecule has 6 aromatic rings. The zero-order chi connectivity index (χ0) is 29.6. The largest absolute Gasteiger partial charge is 2.00 e. The van der Waals surface area contributed by atoms with Crippen molar-refractivity contribution in [2.75, 3.05) is 0 Å². The van der Waals surface area contributed by atoms with E-state index in [1.54, 1.807) is 72.8 Å². The van der Waals surface area contributed by atoms with Crippen molar-refractivity contribution in [1.82, 2.24) is 9.97 Å². The Morgan fingerprint density at radius 3 is 1.30 bits per heavy atom. The molecule has 2 heterocycles. The van der Waals surface area contributed by atoms with Gasteiger partial charge in [-0.15, -0.1) is 20.5 Å². The summed E-state index contributed by atoms with van der Waals surface area (Å²) in [5.74, 6) is -2.67. The first kappa shape index (κ1) is 30.2. The van der Waals surface area contributed by atoms with Crippen molar-refractivity contribution in [3.8, 4) is 23.3 Å². The average Bonchev–Trinajstić information content (AvgIpc) is 3.49. The Kier molecular flexibility index (Phi) is 9.30. The molecule has 0 saturated heterocycles. The molecule has 2 aromatic heterocycles. The molecule has 0 unspecified atom stereocenters. The number of benzene rings is 4. The number of carbonyl (C=O) groups excluding carboxylic acids is 2. The van der Waals surface area contributed by atoms with Gasteiger partial charge in [0.05, 0.1) is 11.0 Å². The molecule has 0 bridgehead atoms. The van der Waals surface area contributed by atoms with Crippen LogP contribution in [0.5, 0.6) is 23.3 Å². The average molecular weight is 624 g/mol. The van der Waals surface area contributed by atoms with Crippen molar-refractivity contribution in [3.05, 3.63) is 108 Å². The number of amides is 2. The summed E-state index contributed by atoms with van der Waals surface area (Å²) in [6.45, 7) is 0. The molecule has 0 saturated carbocycles. The van der Waals surface area contributed by atoms with Crippen molar-refractivity contribution in [1.29, 1.82) is 0 Å². The van der Waals surface area contributed by atoms with Crippen molar-refractivity contribution in [2.24, 2.45) is 20.5 Å². The van der Waals surface area contributed by atoms with E-state index in [9.17, 15) is 30.0 Å². The van der Waals surface area contributed by atoms with Gasteiger partial charge >= 0.3 is 17.1 Å². The van der Waals surface area contributed by atoms with Crippen LogP contribution in [0.1, 0.15) is 20.7 Å². The number of aromatic hydroxyl groups is 2. The van der Waals surface area contributed by atoms with Crippen molar-refractivity contribution >= 4 is 45.0 Å². The zero-order valence-electron chi connectivity index (χ0n) is 21.9. The molecule has 6 rings (SSSR count). The molecular formula is C30H20CuN6O6. The Morgan fingerprint density at radius 1 is 0.558 bits per heavy atom. The van der Waals surface area contributed by atoms with Gasteiger partial charge in [-0.05, 0) is 24.3 Å². The van der Waals surface area contributed by atoms with Crippen LogP contribution in [-0.4, -0.2) is 32.0 Å². The first-order valence-electron chi connectivity index (χ1n) is 12.4. The Labute approximate surface area is 253 Å². The summed E-state index contributed by atoms with van der Waals surface area (Å²) in [4.78, 5) is 29.2. The smallest absolute Gasteiger partial charge is 0.872 e. The van der Waals surface area contributed by atoms with Crippen molar-refractivity contribution in [2.45, 2.75) is 0 Å². The van der Waals surface area contributed by atoms with Gasteiger partial charge in [0.15, 0.2) is 11.4 Å². The number of aromatic amines is 2. The minimum Gasteiger partial charge on any atom is -0.872 e. The molecule has 0 aliphatic rings. The van der Waals surface area contributed by atoms with Crippen LogP contribution in [0.15, 0.2) is 118 Å². The molecule has 13 heteroatoms. The molecule has 0 aliphatic heterocycles. The van der Waals surface area contributed by atoms with E-state index in [4.69, 9.17) is 0 Å². The summed E-state index contributed by atoms with van der Waals surface area (Å²) < 4.78 is 0. The van der Waals surface area contributed by atoms with E-state index < -0.39 is 23.3 Å². The molecule has 0 aliphatic carbocycles. The number of hydrogen-bond donors (Lipinski definition) is 4. The number of hydrogen-bond acceptors (Lipinski definition) is 8. The topological polar surface area (TPSA) is 202 Å². The number of carbonyl (C=O) groups is 2. The fourth-order valence-electron chi connectivity index (χ4n) is 4.01. The monoisotopic (exact) mass is 623 g/mol. The van der Waals surface area contributed by atoms with Crippen LogP contribution in [0.3, 0.4) is 0 Å². The van der Waals surface area contributed by atoms with E-state index in [2.05, 4.69) is 30.4 Å². The predicted molar refractivity (Wildman–Crippen MR) is 149 cm³/mol. The standard InChI is InChI=1S/2C15H11N3O3.Cu/c2*19-12-8-4-2-6-10(12)14(20)18-17-13-9-5-1-3-7-11(9)16-15(13)21;/h2*1-8,16,19,21H;/q;;+2/p-2. The fraction of sp³-hybridized carbons (Fsp3) is 0. The second-order valence-corrected chi connectivity index (χ2v) is 8.74. The Balaban J connectivity index is 0.000000192. The Bertz CT molecular complexity index is 1850. The van der Waals surface area contributed by atoms with E-state index in [0.717, 1.165) is 0 Å². The number of nitrogens with one attached hydrogen (secondary N) is 2. The van der Waals surface area contributed by atoms with Gasteiger partial charge in [-0.3, -0.25) is 9.59 Å². The third kappa shape index (κ3) is 6.59. The molecule has 217 valence electrons. The maximum Gasteiger partial charge on any atom is 2.00 e. The normalized spacial score (nSPS) is 11.0. The summed E-state index contributed by atoms with van der Waals surface area (Å²) in [5, 5.41) is 58.5. The van der Waals surface area contributed by atoms with Crippen LogP contribution in [0.4, 0.5) is 11.4 Å². The second kappa shape index (κ2) is 13.3. The van der Waals surface area contributed by atoms with E-state index in [0.29, 0.717) is 21.8 Å². The number of H-pyrrole nitrogens is 2. The third-order valence-corrected chi connectivity index (χ3v) is 6.04. The summed E-state index contributed by atoms with van der Waals surface area (Å²) in [7, 11) is 0. The summed E-state index contributed by atoms with van der Waals surface area (Å²) in [5.41, 5.74) is 1.59. The van der Waals surface area contributed by atoms with Gasteiger partial charge in [0, 0.05) is 21.9 Å². The van der Waals surface area contributed by atoms with Gasteiger partial charge in [-0.1, -0.05) is 84.3 Å². The number of nitrogens with zero attached hydrogens (tertiary/aromatic N) is 4. The molecule has 0 fully saturated rings. The molecule has 1 radical (unpaired) electrons. The maximum absolute atomic E-state index is 11.9. The molecule has 2 amide bonds. The molecule has 0 spiro atoms. The Morgan fingerprint density at radius 2 is 0.907 bits per heavy atom. The third-order valence-electron chi connectivity index (χ3n) is 6.04. The maximum atomic E-state index is 11.9. The van der Waals surface area contributed by atoms with Gasteiger partial charge in [0.2, 0.25) is 11.8 Å². The number of azo groups is 2. The van der Waals surface area contributed by atoms with Gasteiger partial charge < -0.3 is 30.4 Å². The second-order valence-electron chi connectivity index (χ2n) is 8.74. The Hall–Kier alpha value is -5.78. The molecule has 4 aromatic carbocycles. The first-order chi connectivity index (χ1) is 20.3. The molecule has 12 nitrogen and oxygen atoms in total. The minimum atomic E-state index is -0.745. The summed E-state index contributed by atoms with van der Waals surface area (Å²) in [6, 6.07) is 25.8. The van der Waals surface area contributed by atoms with Crippen LogP contribution < -0.4 is 10.2 Å². The molecule has 0 atom stereocenters. The van der Waals surface area contributed by atoms with Gasteiger partial charge in [0.25, 0.3) is 11.8 Å². The molecule has 43 heavy (non-hydrogen) atoms. The SMILES string of the molecule is O=C(N=Nc1c(O)[nH]c2ccccc12)c1ccccc1[O-].O=C(N=Nc1c(O)[nH]c2ccccc12)c1ccccc1[O-].[Cu+2]. The summed E-state index contributed by atoms with van der Waals surface area (Å²) in [6.07, 6.45) is 0. The van der Waals surface area contributed by atoms with E-state index in [1.807, 2.05) is 0 Å². The zero-order valence-corrected chi connectivity index (χ0v) is 22.8. The predicted octanol–water partition coefficient (Wildman–Crippen LogP) is 5.74. The van der Waals surface area contributed by atoms with Gasteiger partial charge in [0.1, 0.15) is 0 Å². The van der Waals surface area contributed by atoms with Crippen LogP contribution in [-0.2, 0) is 17.1 Å². The summed E-state index contributed by atoms with van der Waals surface area (Å²) >= 11 is 0. The van der Waals surface area contributed by atoms with Gasteiger partial charge in [-0.25, -0.2) is 0 Å². The van der Waals surface area contributed by atoms with Crippen molar-refractivity contribution in [3.63, 3.8) is 0 Å². The number of para-hydroxylation sites is 4. The van der Waals surface area contributed by atoms with Crippen LogP contribution in [0.25, 0.3) is 21.8 Å². The molecular weight excluding hydrogens is 604 g/mol. The number of aromatic nitrogens is 2. The number of rotatable bonds is 4. The van der Waals surface area contributed by atoms with Crippen LogP contribution in [0.2, 0.25) is 0 Å². The van der Waals surface area contributed by atoms with E-state index in [-0.39, 0.29) is 51.3 Å². The fourth-order valence-corrected chi connectivity index (χ4v) is 4.01. The minimum absolute atomic E-state index is 0. The first-order valence-corrected chi connectivity index (χ1v) is 12.4. The number of fused-ring (bicyclic) bond motifs is 2. The van der Waals surface area contributed by atoms with E-state index in [1.165, 1.54) is 24.3 Å². The van der Waals surface area contributed by atoms with Crippen molar-refractivity contribution < 1.29 is 47.1 Å². The van der Waals surface area contributed by atoms with Crippen LogP contribution in [0, 0.1) is 0 Å². The van der Waals surface area contributed by atoms with Crippen LogP contribution >= 0.6 is 0 Å². The van der Waals surface area contributed by atoms with Gasteiger partial charge in [-0.2, -0.15) is 0 Å². The quantitative estimate of drug-likeness (QED) is 0.142.